The van der Waals surface area contributed by atoms with Crippen LogP contribution in [0.1, 0.15) is 32.1 Å². The molecule has 0 amide bonds. The number of hydrogen-bond acceptors (Lipinski definition) is 4. The summed E-state index contributed by atoms with van der Waals surface area (Å²) in [6.07, 6.45) is 3.85. The molecule has 6 heteroatoms. The van der Waals surface area contributed by atoms with Crippen LogP contribution in [0.4, 0.5) is 4.39 Å². The van der Waals surface area contributed by atoms with Gasteiger partial charge >= 0.3 is 0 Å². The second-order valence-electron chi connectivity index (χ2n) is 5.03. The molecule has 1 aromatic heterocycles. The lowest BCUT2D eigenvalue weighted by atomic mass is 9.97. The minimum Gasteiger partial charge on any atom is -0.339 e. The van der Waals surface area contributed by atoms with Crippen LogP contribution in [0.15, 0.2) is 27.2 Å². The summed E-state index contributed by atoms with van der Waals surface area (Å²) in [6.45, 7) is 2.87. The first-order valence-electron chi connectivity index (χ1n) is 7.12. The van der Waals surface area contributed by atoms with Gasteiger partial charge in [-0.05, 0) is 59.4 Å². The Kier molecular flexibility index (Phi) is 5.87. The first-order chi connectivity index (χ1) is 10.1. The largest absolute Gasteiger partial charge is 0.339 e. The van der Waals surface area contributed by atoms with Crippen molar-refractivity contribution in [1.82, 2.24) is 10.1 Å². The molecule has 114 valence electrons. The summed E-state index contributed by atoms with van der Waals surface area (Å²) in [4.78, 5) is 4.37. The fraction of sp³-hybridized carbons (Fsp3) is 0.467. The van der Waals surface area contributed by atoms with Crippen LogP contribution in [0, 0.1) is 11.7 Å². The van der Waals surface area contributed by atoms with Crippen molar-refractivity contribution in [2.45, 2.75) is 32.6 Å². The van der Waals surface area contributed by atoms with Crippen LogP contribution >= 0.6 is 15.9 Å². The Morgan fingerprint density at radius 1 is 1.38 bits per heavy atom. The van der Waals surface area contributed by atoms with Crippen LogP contribution in [0.25, 0.3) is 11.4 Å². The second kappa shape index (κ2) is 7.66. The Bertz CT molecular complexity index is 588. The first kappa shape index (κ1) is 16.1. The predicted octanol–water partition coefficient (Wildman–Crippen LogP) is 3.95. The fourth-order valence-electron chi connectivity index (χ4n) is 2.22. The molecule has 1 unspecified atom stereocenters. The molecule has 2 N–H and O–H groups in total. The normalized spacial score (nSPS) is 12.6. The molecule has 1 aromatic carbocycles. The van der Waals surface area contributed by atoms with Gasteiger partial charge in [-0.15, -0.1) is 0 Å². The van der Waals surface area contributed by atoms with Gasteiger partial charge in [0, 0.05) is 12.0 Å². The SMILES string of the molecule is CCC(CCN)CCc1nc(-c2ccc(F)c(Br)c2)no1. The van der Waals surface area contributed by atoms with E-state index in [9.17, 15) is 4.39 Å². The van der Waals surface area contributed by atoms with Crippen LogP contribution in [-0.4, -0.2) is 16.7 Å². The number of aryl methyl sites for hydroxylation is 1. The summed E-state index contributed by atoms with van der Waals surface area (Å²) < 4.78 is 18.9. The number of halogens is 2. The van der Waals surface area contributed by atoms with Gasteiger partial charge in [-0.25, -0.2) is 4.39 Å². The standard InChI is InChI=1S/C15H19BrFN3O/c1-2-10(7-8-18)3-6-14-19-15(20-21-14)11-4-5-13(17)12(16)9-11/h4-5,9-10H,2-3,6-8,18H2,1H3. The van der Waals surface area contributed by atoms with Gasteiger partial charge in [0.2, 0.25) is 11.7 Å². The molecule has 0 aliphatic carbocycles. The first-order valence-corrected chi connectivity index (χ1v) is 7.91. The van der Waals surface area contributed by atoms with Crippen LogP contribution in [0.3, 0.4) is 0 Å². The molecule has 0 aliphatic heterocycles. The number of nitrogens with two attached hydrogens (primary N) is 1. The minimum atomic E-state index is -0.310. The molecule has 2 rings (SSSR count). The van der Waals surface area contributed by atoms with Crippen molar-refractivity contribution in [2.75, 3.05) is 6.54 Å². The Hall–Kier alpha value is -1.27. The van der Waals surface area contributed by atoms with E-state index in [-0.39, 0.29) is 5.82 Å². The third kappa shape index (κ3) is 4.35. The van der Waals surface area contributed by atoms with Crippen LogP contribution in [-0.2, 0) is 6.42 Å². The molecule has 0 aliphatic rings. The molecule has 2 aromatic rings. The molecule has 1 atom stereocenters. The quantitative estimate of drug-likeness (QED) is 0.816. The van der Waals surface area contributed by atoms with Gasteiger partial charge < -0.3 is 10.3 Å². The summed E-state index contributed by atoms with van der Waals surface area (Å²) >= 11 is 3.15. The molecular formula is C15H19BrFN3O. The van der Waals surface area contributed by atoms with E-state index in [0.717, 1.165) is 31.2 Å². The molecule has 21 heavy (non-hydrogen) atoms. The maximum absolute atomic E-state index is 13.2. The third-order valence-electron chi connectivity index (χ3n) is 3.56. The van der Waals surface area contributed by atoms with Gasteiger partial charge in [-0.2, -0.15) is 4.98 Å². The Morgan fingerprint density at radius 2 is 2.19 bits per heavy atom. The highest BCUT2D eigenvalue weighted by atomic mass is 79.9. The van der Waals surface area contributed by atoms with E-state index in [1.54, 1.807) is 12.1 Å². The Balaban J connectivity index is 2.02. The zero-order valence-electron chi connectivity index (χ0n) is 12.0. The molecular weight excluding hydrogens is 337 g/mol. The summed E-state index contributed by atoms with van der Waals surface area (Å²) in [5.41, 5.74) is 6.32. The number of hydrogen-bond donors (Lipinski definition) is 1. The molecule has 0 bridgehead atoms. The van der Waals surface area contributed by atoms with Crippen molar-refractivity contribution < 1.29 is 8.91 Å². The molecule has 0 saturated heterocycles. The maximum atomic E-state index is 13.2. The van der Waals surface area contributed by atoms with Crippen LogP contribution in [0.5, 0.6) is 0 Å². The zero-order chi connectivity index (χ0) is 15.2. The van der Waals surface area contributed by atoms with Gasteiger partial charge in [0.1, 0.15) is 5.82 Å². The smallest absolute Gasteiger partial charge is 0.226 e. The van der Waals surface area contributed by atoms with E-state index in [2.05, 4.69) is 33.0 Å². The van der Waals surface area contributed by atoms with Gasteiger partial charge in [0.25, 0.3) is 0 Å². The van der Waals surface area contributed by atoms with E-state index in [1.807, 2.05) is 0 Å². The Labute approximate surface area is 132 Å². The summed E-state index contributed by atoms with van der Waals surface area (Å²) in [5.74, 6) is 1.37. The van der Waals surface area contributed by atoms with E-state index in [4.69, 9.17) is 10.3 Å². The van der Waals surface area contributed by atoms with Crippen LogP contribution in [0.2, 0.25) is 0 Å². The van der Waals surface area contributed by atoms with Crippen molar-refractivity contribution in [2.24, 2.45) is 11.7 Å². The van der Waals surface area contributed by atoms with E-state index in [1.165, 1.54) is 6.07 Å². The van der Waals surface area contributed by atoms with Gasteiger partial charge in [-0.3, -0.25) is 0 Å². The second-order valence-corrected chi connectivity index (χ2v) is 5.89. The molecule has 1 heterocycles. The molecule has 4 nitrogen and oxygen atoms in total. The van der Waals surface area contributed by atoms with Crippen LogP contribution < -0.4 is 5.73 Å². The average molecular weight is 356 g/mol. The predicted molar refractivity (Wildman–Crippen MR) is 83.2 cm³/mol. The molecule has 0 spiro atoms. The highest BCUT2D eigenvalue weighted by Crippen LogP contribution is 2.24. The summed E-state index contributed by atoms with van der Waals surface area (Å²) in [5, 5.41) is 3.95. The third-order valence-corrected chi connectivity index (χ3v) is 4.17. The van der Waals surface area contributed by atoms with Crippen molar-refractivity contribution in [3.8, 4) is 11.4 Å². The highest BCUT2D eigenvalue weighted by Gasteiger charge is 2.12. The number of aromatic nitrogens is 2. The Morgan fingerprint density at radius 3 is 2.86 bits per heavy atom. The van der Waals surface area contributed by atoms with Crippen molar-refractivity contribution >= 4 is 15.9 Å². The average Bonchev–Trinajstić information content (AvgIpc) is 2.95. The number of rotatable bonds is 7. The highest BCUT2D eigenvalue weighted by molar-refractivity contribution is 9.10. The topological polar surface area (TPSA) is 64.9 Å². The van der Waals surface area contributed by atoms with Crippen molar-refractivity contribution in [3.63, 3.8) is 0 Å². The van der Waals surface area contributed by atoms with Gasteiger partial charge in [-0.1, -0.05) is 18.5 Å². The lowest BCUT2D eigenvalue weighted by Crippen LogP contribution is -2.09. The molecule has 0 saturated carbocycles. The van der Waals surface area contributed by atoms with Gasteiger partial charge in [0.15, 0.2) is 0 Å². The lowest BCUT2D eigenvalue weighted by Gasteiger charge is -2.11. The summed E-state index contributed by atoms with van der Waals surface area (Å²) in [7, 11) is 0. The molecule has 0 fully saturated rings. The molecule has 0 radical (unpaired) electrons. The maximum Gasteiger partial charge on any atom is 0.226 e. The monoisotopic (exact) mass is 355 g/mol. The lowest BCUT2D eigenvalue weighted by molar-refractivity contribution is 0.354. The summed E-state index contributed by atoms with van der Waals surface area (Å²) in [6, 6.07) is 4.66. The zero-order valence-corrected chi connectivity index (χ0v) is 13.6. The van der Waals surface area contributed by atoms with Crippen molar-refractivity contribution in [3.05, 3.63) is 34.4 Å². The van der Waals surface area contributed by atoms with E-state index >= 15 is 0 Å². The number of benzene rings is 1. The van der Waals surface area contributed by atoms with Gasteiger partial charge in [0.05, 0.1) is 4.47 Å². The fourth-order valence-corrected chi connectivity index (χ4v) is 2.60. The number of nitrogens with zero attached hydrogens (tertiary/aromatic N) is 2. The minimum absolute atomic E-state index is 0.310. The van der Waals surface area contributed by atoms with E-state index < -0.39 is 0 Å². The van der Waals surface area contributed by atoms with Crippen molar-refractivity contribution in [1.29, 1.82) is 0 Å². The van der Waals surface area contributed by atoms with E-state index in [0.29, 0.717) is 28.7 Å².